The fourth-order valence-electron chi connectivity index (χ4n) is 0.321. The van der Waals surface area contributed by atoms with E-state index in [1.165, 1.54) is 0 Å². The molecule has 0 aromatic carbocycles. The molecule has 0 aromatic heterocycles. The molecule has 10 heavy (non-hydrogen) atoms. The van der Waals surface area contributed by atoms with Gasteiger partial charge in [0.25, 0.3) is 0 Å². The Hall–Kier alpha value is 0.616. The second-order valence-corrected chi connectivity index (χ2v) is 2.79. The van der Waals surface area contributed by atoms with Crippen molar-refractivity contribution in [3.05, 3.63) is 0 Å². The van der Waals surface area contributed by atoms with E-state index in [4.69, 9.17) is 0 Å². The topological polar surface area (TPSA) is 72.4 Å². The Morgan fingerprint density at radius 2 is 2.00 bits per heavy atom. The quantitative estimate of drug-likeness (QED) is 0.469. The number of hydrogen-bond acceptors (Lipinski definition) is 4. The Morgan fingerprint density at radius 1 is 1.50 bits per heavy atom. The molecule has 0 aliphatic rings. The van der Waals surface area contributed by atoms with Crippen molar-refractivity contribution >= 4 is 7.82 Å². The van der Waals surface area contributed by atoms with Crippen molar-refractivity contribution in [3.63, 3.8) is 0 Å². The van der Waals surface area contributed by atoms with Crippen molar-refractivity contribution < 1.29 is 35.7 Å². The zero-order chi connectivity index (χ0) is 7.33. The van der Waals surface area contributed by atoms with Gasteiger partial charge in [0, 0.05) is 0 Å². The van der Waals surface area contributed by atoms with E-state index in [2.05, 4.69) is 4.52 Å². The first-order valence-electron chi connectivity index (χ1n) is 2.73. The Morgan fingerprint density at radius 3 is 2.30 bits per heavy atom. The molecule has 0 aromatic rings. The molecule has 1 radical (unpaired) electrons. The molecule has 0 rings (SSSR count). The molecule has 63 valence electrons. The average Bonchev–Trinajstić information content (AvgIpc) is 1.63. The summed E-state index contributed by atoms with van der Waals surface area (Å²) < 4.78 is 13.7. The van der Waals surface area contributed by atoms with Crippen LogP contribution in [0.15, 0.2) is 0 Å². The minimum Gasteiger partial charge on any atom is -0.790 e. The van der Waals surface area contributed by atoms with E-state index in [1.54, 1.807) is 0 Å². The molecule has 0 amide bonds. The van der Waals surface area contributed by atoms with Crippen LogP contribution in [0, 0.1) is 0 Å². The Bertz CT molecular complexity index is 112. The van der Waals surface area contributed by atoms with Gasteiger partial charge in [-0.2, -0.15) is 0 Å². The van der Waals surface area contributed by atoms with E-state index >= 15 is 0 Å². The van der Waals surface area contributed by atoms with Gasteiger partial charge >= 0.3 is 16.8 Å². The molecule has 0 spiro atoms. The van der Waals surface area contributed by atoms with Crippen molar-refractivity contribution in [2.45, 2.75) is 19.8 Å². The zero-order valence-corrected chi connectivity index (χ0v) is 7.47. The molecular formula is C4H9CoO4P. The van der Waals surface area contributed by atoms with Crippen LogP contribution in [0.2, 0.25) is 0 Å². The molecule has 0 N–H and O–H groups in total. The van der Waals surface area contributed by atoms with Crippen molar-refractivity contribution in [1.29, 1.82) is 0 Å². The maximum Gasteiger partial charge on any atom is 2.00 e. The second-order valence-electron chi connectivity index (χ2n) is 1.63. The van der Waals surface area contributed by atoms with Crippen LogP contribution in [0.4, 0.5) is 0 Å². The standard InChI is InChI=1S/C4H11O4P.Co/c1-2-3-4-8-9(5,6)7;/h2-4H2,1H3,(H2,5,6,7);/q;+2/p-2. The monoisotopic (exact) mass is 211 g/mol. The molecule has 0 unspecified atom stereocenters. The Kier molecular flexibility index (Phi) is 8.38. The molecule has 4 nitrogen and oxygen atoms in total. The van der Waals surface area contributed by atoms with Crippen LogP contribution in [-0.2, 0) is 25.9 Å². The van der Waals surface area contributed by atoms with Gasteiger partial charge in [-0.25, -0.2) is 0 Å². The first kappa shape index (κ1) is 13.2. The predicted octanol–water partition coefficient (Wildman–Crippen LogP) is -0.371. The maximum absolute atomic E-state index is 9.76. The van der Waals surface area contributed by atoms with Gasteiger partial charge < -0.3 is 18.9 Å². The van der Waals surface area contributed by atoms with Gasteiger partial charge in [-0.3, -0.25) is 0 Å². The van der Waals surface area contributed by atoms with E-state index in [0.717, 1.165) is 6.42 Å². The number of phosphoric ester groups is 1. The van der Waals surface area contributed by atoms with Gasteiger partial charge in [0.1, 0.15) is 0 Å². The SMILES string of the molecule is CCCCOP(=O)([O-])[O-].[Co+2]. The second kappa shape index (κ2) is 6.33. The van der Waals surface area contributed by atoms with Crippen molar-refractivity contribution in [2.24, 2.45) is 0 Å². The molecule has 0 bridgehead atoms. The summed E-state index contributed by atoms with van der Waals surface area (Å²) in [6.07, 6.45) is 1.43. The Balaban J connectivity index is 0. The molecule has 6 heteroatoms. The third-order valence-corrected chi connectivity index (χ3v) is 1.25. The molecule has 0 aliphatic carbocycles. The summed E-state index contributed by atoms with van der Waals surface area (Å²) in [5, 5.41) is 0. The van der Waals surface area contributed by atoms with Crippen LogP contribution >= 0.6 is 7.82 Å². The van der Waals surface area contributed by atoms with Crippen LogP contribution in [0.1, 0.15) is 19.8 Å². The van der Waals surface area contributed by atoms with E-state index in [-0.39, 0.29) is 23.4 Å². The largest absolute Gasteiger partial charge is 2.00 e. The number of hydrogen-bond donors (Lipinski definition) is 0. The van der Waals surface area contributed by atoms with Crippen molar-refractivity contribution in [1.82, 2.24) is 0 Å². The Labute approximate surface area is 70.4 Å². The summed E-state index contributed by atoms with van der Waals surface area (Å²) in [4.78, 5) is 19.5. The van der Waals surface area contributed by atoms with Crippen molar-refractivity contribution in [3.8, 4) is 0 Å². The summed E-state index contributed by atoms with van der Waals surface area (Å²) in [5.41, 5.74) is 0. The van der Waals surface area contributed by atoms with E-state index < -0.39 is 7.82 Å². The predicted molar refractivity (Wildman–Crippen MR) is 28.5 cm³/mol. The first-order chi connectivity index (χ1) is 4.06. The normalized spacial score (nSPS) is 10.7. The fraction of sp³-hybridized carbons (Fsp3) is 1.00. The van der Waals surface area contributed by atoms with E-state index in [9.17, 15) is 14.4 Å². The van der Waals surface area contributed by atoms with E-state index in [1.807, 2.05) is 6.92 Å². The number of rotatable bonds is 4. The van der Waals surface area contributed by atoms with Gasteiger partial charge in [0.2, 0.25) is 0 Å². The average molecular weight is 211 g/mol. The summed E-state index contributed by atoms with van der Waals surface area (Å²) in [7, 11) is -4.70. The third-order valence-electron chi connectivity index (χ3n) is 0.747. The summed E-state index contributed by atoms with van der Waals surface area (Å²) in [5.74, 6) is 0. The third kappa shape index (κ3) is 11.4. The smallest absolute Gasteiger partial charge is 0.790 e. The molecule has 0 aliphatic heterocycles. The van der Waals surface area contributed by atoms with Gasteiger partial charge in [-0.15, -0.1) is 0 Å². The number of phosphoric acid groups is 1. The minimum absolute atomic E-state index is 0. The molecular weight excluding hydrogens is 202 g/mol. The zero-order valence-electron chi connectivity index (χ0n) is 5.53. The van der Waals surface area contributed by atoms with Crippen LogP contribution in [0.25, 0.3) is 0 Å². The molecule has 0 heterocycles. The molecule has 0 saturated carbocycles. The van der Waals surface area contributed by atoms with Gasteiger partial charge in [-0.1, -0.05) is 13.3 Å². The van der Waals surface area contributed by atoms with Crippen LogP contribution in [0.5, 0.6) is 0 Å². The minimum atomic E-state index is -4.70. The van der Waals surface area contributed by atoms with Crippen LogP contribution < -0.4 is 9.79 Å². The first-order valence-corrected chi connectivity index (χ1v) is 4.19. The van der Waals surface area contributed by atoms with Crippen LogP contribution in [-0.4, -0.2) is 6.61 Å². The van der Waals surface area contributed by atoms with E-state index in [0.29, 0.717) is 6.42 Å². The fourth-order valence-corrected chi connectivity index (χ4v) is 0.673. The van der Waals surface area contributed by atoms with Gasteiger partial charge in [0.15, 0.2) is 0 Å². The summed E-state index contributed by atoms with van der Waals surface area (Å²) in [6.45, 7) is 1.89. The molecule has 0 fully saturated rings. The summed E-state index contributed by atoms with van der Waals surface area (Å²) in [6, 6.07) is 0. The van der Waals surface area contributed by atoms with Crippen LogP contribution in [0.3, 0.4) is 0 Å². The maximum atomic E-state index is 9.76. The van der Waals surface area contributed by atoms with Gasteiger partial charge in [-0.05, 0) is 6.42 Å². The molecule has 0 atom stereocenters. The number of unbranched alkanes of at least 4 members (excludes halogenated alkanes) is 1. The molecule has 0 saturated heterocycles. The van der Waals surface area contributed by atoms with Gasteiger partial charge in [0.05, 0.1) is 14.4 Å². The summed E-state index contributed by atoms with van der Waals surface area (Å²) >= 11 is 0. The van der Waals surface area contributed by atoms with Crippen molar-refractivity contribution in [2.75, 3.05) is 6.61 Å².